The molecule has 0 radical (unpaired) electrons. The van der Waals surface area contributed by atoms with Gasteiger partial charge in [-0.15, -0.1) is 0 Å². The van der Waals surface area contributed by atoms with Crippen LogP contribution in [0, 0.1) is 0 Å². The summed E-state index contributed by atoms with van der Waals surface area (Å²) in [6.07, 6.45) is 0.739. The summed E-state index contributed by atoms with van der Waals surface area (Å²) < 4.78 is 4.91. The molecule has 0 spiro atoms. The van der Waals surface area contributed by atoms with Crippen LogP contribution in [-0.4, -0.2) is 32.1 Å². The van der Waals surface area contributed by atoms with Crippen LogP contribution in [-0.2, 0) is 22.5 Å². The normalized spacial score (nSPS) is 12.8. The molecule has 0 saturated heterocycles. The van der Waals surface area contributed by atoms with E-state index < -0.39 is 0 Å². The first kappa shape index (κ1) is 17.5. The number of carbonyl (C=O) groups excluding carboxylic acids is 2. The van der Waals surface area contributed by atoms with Crippen LogP contribution in [0.5, 0.6) is 0 Å². The minimum atomic E-state index is -0.139. The van der Waals surface area contributed by atoms with Gasteiger partial charge < -0.3 is 15.0 Å². The standard InChI is InChI=1S/C19H19ClN2O3/c1-25-12-18(23)22-9-8-14-10-15(4-7-17(14)22)19(24)21-11-13-2-5-16(20)6-3-13/h2-7,10H,8-9,11-12H2,1H3,(H,21,24). The zero-order valence-corrected chi connectivity index (χ0v) is 14.7. The topological polar surface area (TPSA) is 58.6 Å². The number of carbonyl (C=O) groups is 2. The smallest absolute Gasteiger partial charge is 0.252 e. The monoisotopic (exact) mass is 358 g/mol. The molecule has 2 amide bonds. The Hall–Kier alpha value is -2.37. The quantitative estimate of drug-likeness (QED) is 0.894. The number of rotatable bonds is 5. The molecule has 0 fully saturated rings. The maximum Gasteiger partial charge on any atom is 0.252 e. The second-order valence-corrected chi connectivity index (χ2v) is 6.32. The van der Waals surface area contributed by atoms with Crippen molar-refractivity contribution in [3.8, 4) is 0 Å². The van der Waals surface area contributed by atoms with Gasteiger partial charge in [0.25, 0.3) is 11.8 Å². The van der Waals surface area contributed by atoms with Crippen molar-refractivity contribution in [3.05, 3.63) is 64.2 Å². The Morgan fingerprint density at radius 1 is 1.20 bits per heavy atom. The predicted octanol–water partition coefficient (Wildman–Crippen LogP) is 2.81. The maximum atomic E-state index is 12.4. The lowest BCUT2D eigenvalue weighted by Gasteiger charge is -2.17. The van der Waals surface area contributed by atoms with Crippen molar-refractivity contribution in [1.29, 1.82) is 0 Å². The van der Waals surface area contributed by atoms with Crippen LogP contribution in [0.1, 0.15) is 21.5 Å². The summed E-state index contributed by atoms with van der Waals surface area (Å²) in [5, 5.41) is 3.57. The van der Waals surface area contributed by atoms with Gasteiger partial charge in [-0.3, -0.25) is 9.59 Å². The van der Waals surface area contributed by atoms with Crippen molar-refractivity contribution >= 4 is 29.1 Å². The van der Waals surface area contributed by atoms with Gasteiger partial charge in [0.05, 0.1) is 0 Å². The SMILES string of the molecule is COCC(=O)N1CCc2cc(C(=O)NCc3ccc(Cl)cc3)ccc21. The lowest BCUT2D eigenvalue weighted by atomic mass is 10.1. The summed E-state index contributed by atoms with van der Waals surface area (Å²) in [7, 11) is 1.50. The van der Waals surface area contributed by atoms with E-state index in [4.69, 9.17) is 16.3 Å². The first-order chi connectivity index (χ1) is 12.1. The summed E-state index contributed by atoms with van der Waals surface area (Å²) in [5.74, 6) is -0.208. The summed E-state index contributed by atoms with van der Waals surface area (Å²) in [5.41, 5.74) is 3.43. The van der Waals surface area contributed by atoms with Crippen molar-refractivity contribution in [2.75, 3.05) is 25.2 Å². The van der Waals surface area contributed by atoms with Crippen LogP contribution in [0.25, 0.3) is 0 Å². The maximum absolute atomic E-state index is 12.4. The number of benzene rings is 2. The molecule has 2 aromatic rings. The number of amides is 2. The van der Waals surface area contributed by atoms with E-state index in [1.807, 2.05) is 24.3 Å². The molecule has 6 heteroatoms. The molecular formula is C19H19ClN2O3. The first-order valence-corrected chi connectivity index (χ1v) is 8.41. The average Bonchev–Trinajstić information content (AvgIpc) is 3.04. The Balaban J connectivity index is 1.66. The van der Waals surface area contributed by atoms with Crippen molar-refractivity contribution < 1.29 is 14.3 Å². The van der Waals surface area contributed by atoms with E-state index in [0.717, 1.165) is 23.2 Å². The number of nitrogens with one attached hydrogen (secondary N) is 1. The largest absolute Gasteiger partial charge is 0.375 e. The molecule has 0 bridgehead atoms. The highest BCUT2D eigenvalue weighted by Gasteiger charge is 2.25. The second-order valence-electron chi connectivity index (χ2n) is 5.88. The second kappa shape index (κ2) is 7.68. The Kier molecular flexibility index (Phi) is 5.36. The molecule has 1 aliphatic rings. The molecule has 5 nitrogen and oxygen atoms in total. The zero-order valence-electron chi connectivity index (χ0n) is 13.9. The lowest BCUT2D eigenvalue weighted by Crippen LogP contribution is -2.32. The third-order valence-corrected chi connectivity index (χ3v) is 4.42. The molecular weight excluding hydrogens is 340 g/mol. The molecule has 25 heavy (non-hydrogen) atoms. The molecule has 2 aromatic carbocycles. The van der Waals surface area contributed by atoms with Crippen LogP contribution in [0.4, 0.5) is 5.69 Å². The first-order valence-electron chi connectivity index (χ1n) is 8.03. The van der Waals surface area contributed by atoms with Gasteiger partial charge in [0.2, 0.25) is 0 Å². The molecule has 1 N–H and O–H groups in total. The molecule has 0 unspecified atom stereocenters. The fourth-order valence-corrected chi connectivity index (χ4v) is 3.02. The molecule has 0 aliphatic carbocycles. The average molecular weight is 359 g/mol. The Bertz CT molecular complexity index is 790. The Morgan fingerprint density at radius 3 is 2.68 bits per heavy atom. The molecule has 0 atom stereocenters. The van der Waals surface area contributed by atoms with Crippen LogP contribution < -0.4 is 10.2 Å². The minimum absolute atomic E-state index is 0.0583. The Morgan fingerprint density at radius 2 is 1.96 bits per heavy atom. The molecule has 0 aromatic heterocycles. The number of nitrogens with zero attached hydrogens (tertiary/aromatic N) is 1. The van der Waals surface area contributed by atoms with E-state index in [1.54, 1.807) is 23.1 Å². The number of hydrogen-bond acceptors (Lipinski definition) is 3. The van der Waals surface area contributed by atoms with Crippen molar-refractivity contribution in [2.45, 2.75) is 13.0 Å². The predicted molar refractivity (Wildman–Crippen MR) is 97.0 cm³/mol. The summed E-state index contributed by atoms with van der Waals surface area (Å²) in [6.45, 7) is 1.11. The minimum Gasteiger partial charge on any atom is -0.375 e. The number of anilines is 1. The van der Waals surface area contributed by atoms with Crippen molar-refractivity contribution in [1.82, 2.24) is 5.32 Å². The highest BCUT2D eigenvalue weighted by molar-refractivity contribution is 6.30. The van der Waals surface area contributed by atoms with Gasteiger partial charge in [-0.2, -0.15) is 0 Å². The number of halogens is 1. The van der Waals surface area contributed by atoms with Crippen LogP contribution in [0.15, 0.2) is 42.5 Å². The van der Waals surface area contributed by atoms with E-state index in [1.165, 1.54) is 7.11 Å². The molecule has 0 saturated carbocycles. The summed E-state index contributed by atoms with van der Waals surface area (Å²) in [4.78, 5) is 26.1. The highest BCUT2D eigenvalue weighted by atomic mass is 35.5. The van der Waals surface area contributed by atoms with E-state index in [9.17, 15) is 9.59 Å². The van der Waals surface area contributed by atoms with Gasteiger partial charge in [-0.05, 0) is 47.9 Å². The zero-order chi connectivity index (χ0) is 17.8. The molecule has 1 heterocycles. The van der Waals surface area contributed by atoms with Gasteiger partial charge in [0.1, 0.15) is 6.61 Å². The van der Waals surface area contributed by atoms with E-state index in [0.29, 0.717) is 23.7 Å². The van der Waals surface area contributed by atoms with E-state index in [-0.39, 0.29) is 18.4 Å². The molecule has 3 rings (SSSR count). The number of hydrogen-bond donors (Lipinski definition) is 1. The van der Waals surface area contributed by atoms with Gasteiger partial charge in [-0.1, -0.05) is 23.7 Å². The highest BCUT2D eigenvalue weighted by Crippen LogP contribution is 2.29. The van der Waals surface area contributed by atoms with Gasteiger partial charge in [0.15, 0.2) is 0 Å². The molecule has 130 valence electrons. The number of methoxy groups -OCH3 is 1. The van der Waals surface area contributed by atoms with Gasteiger partial charge in [-0.25, -0.2) is 0 Å². The third-order valence-electron chi connectivity index (χ3n) is 4.17. The fourth-order valence-electron chi connectivity index (χ4n) is 2.89. The van der Waals surface area contributed by atoms with Crippen LogP contribution in [0.2, 0.25) is 5.02 Å². The van der Waals surface area contributed by atoms with Gasteiger partial charge >= 0.3 is 0 Å². The van der Waals surface area contributed by atoms with Crippen molar-refractivity contribution in [2.24, 2.45) is 0 Å². The Labute approximate surface area is 151 Å². The fraction of sp³-hybridized carbons (Fsp3) is 0.263. The van der Waals surface area contributed by atoms with Crippen molar-refractivity contribution in [3.63, 3.8) is 0 Å². The third kappa shape index (κ3) is 4.00. The number of ether oxygens (including phenoxy) is 1. The summed E-state index contributed by atoms with van der Waals surface area (Å²) in [6, 6.07) is 12.8. The van der Waals surface area contributed by atoms with E-state index in [2.05, 4.69) is 5.32 Å². The van der Waals surface area contributed by atoms with Crippen LogP contribution in [0.3, 0.4) is 0 Å². The lowest BCUT2D eigenvalue weighted by molar-refractivity contribution is -0.122. The van der Waals surface area contributed by atoms with E-state index >= 15 is 0 Å². The summed E-state index contributed by atoms with van der Waals surface area (Å²) >= 11 is 5.85. The molecule has 1 aliphatic heterocycles. The number of fused-ring (bicyclic) bond motifs is 1. The van der Waals surface area contributed by atoms with Crippen LogP contribution >= 0.6 is 11.6 Å². The van der Waals surface area contributed by atoms with Gasteiger partial charge in [0, 0.05) is 36.5 Å².